The molecule has 0 radical (unpaired) electrons. The van der Waals surface area contributed by atoms with Crippen molar-refractivity contribution >= 4 is 27.6 Å². The molecular formula is C31H41NO4. The van der Waals surface area contributed by atoms with Gasteiger partial charge in [0.1, 0.15) is 18.1 Å². The van der Waals surface area contributed by atoms with Crippen molar-refractivity contribution in [2.24, 2.45) is 0 Å². The second kappa shape index (κ2) is 13.4. The zero-order valence-electron chi connectivity index (χ0n) is 22.0. The van der Waals surface area contributed by atoms with Crippen LogP contribution in [0, 0.1) is 0 Å². The average molecular weight is 492 g/mol. The fourth-order valence-corrected chi connectivity index (χ4v) is 4.91. The number of benzene rings is 3. The van der Waals surface area contributed by atoms with Crippen LogP contribution in [0.3, 0.4) is 0 Å². The van der Waals surface area contributed by atoms with Crippen LogP contribution in [0.2, 0.25) is 0 Å². The van der Waals surface area contributed by atoms with Gasteiger partial charge in [-0.3, -0.25) is 0 Å². The minimum absolute atomic E-state index is 0.218. The Morgan fingerprint density at radius 1 is 0.750 bits per heavy atom. The highest BCUT2D eigenvalue weighted by molar-refractivity contribution is 6.11. The van der Waals surface area contributed by atoms with E-state index in [1.54, 1.807) is 0 Å². The number of piperidine rings is 1. The summed E-state index contributed by atoms with van der Waals surface area (Å²) in [6, 6.07) is 14.6. The highest BCUT2D eigenvalue weighted by Gasteiger charge is 2.19. The second-order valence-corrected chi connectivity index (χ2v) is 9.80. The summed E-state index contributed by atoms with van der Waals surface area (Å²) in [6.07, 6.45) is 9.75. The zero-order chi connectivity index (χ0) is 25.2. The van der Waals surface area contributed by atoms with Crippen LogP contribution in [0.5, 0.6) is 11.5 Å². The SMILES string of the molecule is CCCCCOc1c2ccccc2c(OCCCCC)c2cc(COC(=O)N3CCCCC3)ccc12. The summed E-state index contributed by atoms with van der Waals surface area (Å²) in [5.74, 6) is 1.80. The number of carbonyl (C=O) groups excluding carboxylic acids is 1. The van der Waals surface area contributed by atoms with Crippen LogP contribution < -0.4 is 9.47 Å². The van der Waals surface area contributed by atoms with Crippen LogP contribution in [-0.4, -0.2) is 37.3 Å². The van der Waals surface area contributed by atoms with Gasteiger partial charge in [0.25, 0.3) is 0 Å². The number of amides is 1. The number of likely N-dealkylation sites (tertiary alicyclic amines) is 1. The maximum Gasteiger partial charge on any atom is 0.410 e. The molecular weight excluding hydrogens is 450 g/mol. The van der Waals surface area contributed by atoms with E-state index in [9.17, 15) is 4.79 Å². The van der Waals surface area contributed by atoms with Gasteiger partial charge in [-0.2, -0.15) is 0 Å². The first kappa shape index (κ1) is 26.1. The lowest BCUT2D eigenvalue weighted by molar-refractivity contribution is 0.0895. The molecule has 36 heavy (non-hydrogen) atoms. The van der Waals surface area contributed by atoms with Crippen molar-refractivity contribution in [1.82, 2.24) is 4.90 Å². The lowest BCUT2D eigenvalue weighted by Crippen LogP contribution is -2.35. The van der Waals surface area contributed by atoms with Gasteiger partial charge in [0.05, 0.1) is 13.2 Å². The largest absolute Gasteiger partial charge is 0.492 e. The van der Waals surface area contributed by atoms with Crippen LogP contribution in [-0.2, 0) is 11.3 Å². The van der Waals surface area contributed by atoms with Gasteiger partial charge in [0.2, 0.25) is 0 Å². The summed E-state index contributed by atoms with van der Waals surface area (Å²) in [4.78, 5) is 14.4. The molecule has 3 aromatic rings. The Morgan fingerprint density at radius 2 is 1.33 bits per heavy atom. The van der Waals surface area contributed by atoms with Gasteiger partial charge in [0.15, 0.2) is 0 Å². The maximum absolute atomic E-state index is 12.6. The van der Waals surface area contributed by atoms with Gasteiger partial charge in [-0.25, -0.2) is 4.79 Å². The third kappa shape index (κ3) is 6.43. The van der Waals surface area contributed by atoms with Gasteiger partial charge < -0.3 is 19.1 Å². The van der Waals surface area contributed by atoms with Crippen molar-refractivity contribution in [2.75, 3.05) is 26.3 Å². The van der Waals surface area contributed by atoms with E-state index in [4.69, 9.17) is 14.2 Å². The molecule has 194 valence electrons. The molecule has 1 aliphatic heterocycles. The Labute approximate surface area is 215 Å². The molecule has 3 aromatic carbocycles. The quantitative estimate of drug-likeness (QED) is 0.189. The Balaban J connectivity index is 1.66. The van der Waals surface area contributed by atoms with Crippen molar-refractivity contribution in [2.45, 2.75) is 78.2 Å². The standard InChI is InChI=1S/C31H41NO4/c1-3-5-12-20-34-29-25-14-8-9-15-26(25)30(35-21-13-6-4-2)28-22-24(16-17-27(28)29)23-36-31(33)32-18-10-7-11-19-32/h8-9,14-17,22H,3-7,10-13,18-21,23H2,1-2H3. The smallest absolute Gasteiger partial charge is 0.410 e. The lowest BCUT2D eigenvalue weighted by Gasteiger charge is -2.25. The fraction of sp³-hybridized carbons (Fsp3) is 0.516. The number of hydrogen-bond acceptors (Lipinski definition) is 4. The first-order valence-electron chi connectivity index (χ1n) is 13.9. The number of rotatable bonds is 12. The first-order chi connectivity index (χ1) is 17.7. The van der Waals surface area contributed by atoms with Crippen LogP contribution >= 0.6 is 0 Å². The van der Waals surface area contributed by atoms with Gasteiger partial charge in [-0.05, 0) is 43.7 Å². The molecule has 0 unspecified atom stereocenters. The monoisotopic (exact) mass is 491 g/mol. The van der Waals surface area contributed by atoms with Gasteiger partial charge in [-0.15, -0.1) is 0 Å². The molecule has 1 heterocycles. The van der Waals surface area contributed by atoms with Crippen molar-refractivity contribution in [3.8, 4) is 11.5 Å². The Kier molecular flexibility index (Phi) is 9.71. The number of unbranched alkanes of at least 4 members (excludes halogenated alkanes) is 4. The summed E-state index contributed by atoms with van der Waals surface area (Å²) in [5, 5.41) is 4.20. The minimum Gasteiger partial charge on any atom is -0.492 e. The summed E-state index contributed by atoms with van der Waals surface area (Å²) >= 11 is 0. The Hall–Kier alpha value is -2.95. The number of fused-ring (bicyclic) bond motifs is 2. The number of ether oxygens (including phenoxy) is 3. The van der Waals surface area contributed by atoms with E-state index < -0.39 is 0 Å². The summed E-state index contributed by atoms with van der Waals surface area (Å²) in [7, 11) is 0. The van der Waals surface area contributed by atoms with Crippen molar-refractivity contribution in [3.63, 3.8) is 0 Å². The van der Waals surface area contributed by atoms with Gasteiger partial charge in [-0.1, -0.05) is 75.9 Å². The molecule has 1 saturated heterocycles. The topological polar surface area (TPSA) is 48.0 Å². The van der Waals surface area contributed by atoms with E-state index in [1.165, 1.54) is 6.42 Å². The van der Waals surface area contributed by atoms with E-state index in [-0.39, 0.29) is 12.7 Å². The molecule has 0 bridgehead atoms. The summed E-state index contributed by atoms with van der Waals surface area (Å²) in [5.41, 5.74) is 0.957. The third-order valence-electron chi connectivity index (χ3n) is 6.95. The molecule has 0 atom stereocenters. The molecule has 1 amide bonds. The highest BCUT2D eigenvalue weighted by atomic mass is 16.6. The third-order valence-corrected chi connectivity index (χ3v) is 6.95. The van der Waals surface area contributed by atoms with E-state index in [0.717, 1.165) is 103 Å². The zero-order valence-corrected chi connectivity index (χ0v) is 22.0. The molecule has 1 fully saturated rings. The Morgan fingerprint density at radius 3 is 1.94 bits per heavy atom. The molecule has 0 N–H and O–H groups in total. The molecule has 0 aliphatic carbocycles. The highest BCUT2D eigenvalue weighted by Crippen LogP contribution is 2.43. The predicted octanol–water partition coefficient (Wildman–Crippen LogP) is 8.25. The van der Waals surface area contributed by atoms with E-state index in [0.29, 0.717) is 13.2 Å². The average Bonchev–Trinajstić information content (AvgIpc) is 2.93. The number of carbonyl (C=O) groups is 1. The molecule has 1 aliphatic rings. The molecule has 0 aromatic heterocycles. The maximum atomic E-state index is 12.6. The Bertz CT molecular complexity index is 1140. The predicted molar refractivity (Wildman–Crippen MR) is 147 cm³/mol. The van der Waals surface area contributed by atoms with E-state index in [2.05, 4.69) is 50.2 Å². The summed E-state index contributed by atoms with van der Waals surface area (Å²) < 4.78 is 18.5. The fourth-order valence-electron chi connectivity index (χ4n) is 4.91. The van der Waals surface area contributed by atoms with Crippen LogP contribution in [0.1, 0.15) is 77.2 Å². The summed E-state index contributed by atoms with van der Waals surface area (Å²) in [6.45, 7) is 7.60. The molecule has 0 saturated carbocycles. The molecule has 5 nitrogen and oxygen atoms in total. The normalized spacial score (nSPS) is 13.8. The lowest BCUT2D eigenvalue weighted by atomic mass is 9.98. The minimum atomic E-state index is -0.218. The van der Waals surface area contributed by atoms with Gasteiger partial charge in [0, 0.05) is 34.6 Å². The number of hydrogen-bond donors (Lipinski definition) is 0. The van der Waals surface area contributed by atoms with Crippen LogP contribution in [0.4, 0.5) is 4.79 Å². The first-order valence-corrected chi connectivity index (χ1v) is 13.9. The van der Waals surface area contributed by atoms with Crippen molar-refractivity contribution < 1.29 is 19.0 Å². The second-order valence-electron chi connectivity index (χ2n) is 9.80. The number of nitrogens with zero attached hydrogens (tertiary/aromatic N) is 1. The van der Waals surface area contributed by atoms with Crippen molar-refractivity contribution in [3.05, 3.63) is 48.0 Å². The molecule has 0 spiro atoms. The van der Waals surface area contributed by atoms with E-state index in [1.807, 2.05) is 11.0 Å². The van der Waals surface area contributed by atoms with E-state index >= 15 is 0 Å². The van der Waals surface area contributed by atoms with Crippen molar-refractivity contribution in [1.29, 1.82) is 0 Å². The molecule has 4 rings (SSSR count). The van der Waals surface area contributed by atoms with Gasteiger partial charge >= 0.3 is 6.09 Å². The molecule has 5 heteroatoms. The van der Waals surface area contributed by atoms with Crippen LogP contribution in [0.15, 0.2) is 42.5 Å². The van der Waals surface area contributed by atoms with Crippen LogP contribution in [0.25, 0.3) is 21.5 Å².